The van der Waals surface area contributed by atoms with E-state index in [1.807, 2.05) is 24.3 Å². The van der Waals surface area contributed by atoms with Gasteiger partial charge in [0.1, 0.15) is 5.78 Å². The fraction of sp³-hybridized carbons (Fsp3) is 0.385. The van der Waals surface area contributed by atoms with Crippen LogP contribution >= 0.6 is 0 Å². The Morgan fingerprint density at radius 3 is 2.35 bits per heavy atom. The number of likely N-dealkylation sites (tertiary alicyclic amines) is 1. The Morgan fingerprint density at radius 2 is 1.76 bits per heavy atom. The third kappa shape index (κ3) is 2.91. The average molecular weight is 233 g/mol. The van der Waals surface area contributed by atoms with Gasteiger partial charge >= 0.3 is 0 Å². The summed E-state index contributed by atoms with van der Waals surface area (Å²) in [5, 5.41) is 8.92. The van der Waals surface area contributed by atoms with Crippen LogP contribution in [-0.4, -0.2) is 28.2 Å². The predicted octanol–water partition coefficient (Wildman–Crippen LogP) is 0.870. The van der Waals surface area contributed by atoms with Crippen LogP contribution < -0.4 is 0 Å². The first kappa shape index (κ1) is 11.8. The van der Waals surface area contributed by atoms with Crippen molar-refractivity contribution in [1.82, 2.24) is 4.90 Å². The molecule has 1 fully saturated rings. The molecule has 4 heteroatoms. The quantitative estimate of drug-likeness (QED) is 0.788. The van der Waals surface area contributed by atoms with E-state index in [9.17, 15) is 9.59 Å². The number of ketones is 1. The van der Waals surface area contributed by atoms with E-state index < -0.39 is 0 Å². The van der Waals surface area contributed by atoms with Crippen molar-refractivity contribution in [3.63, 3.8) is 0 Å². The minimum atomic E-state index is -0.0903. The molecule has 90 valence electrons. The maximum Gasteiger partial charge on any atom is 0.230 e. The highest BCUT2D eigenvalue weighted by Gasteiger charge is 2.23. The van der Waals surface area contributed by atoms with Crippen molar-refractivity contribution in [3.8, 4) is 0 Å². The van der Waals surface area contributed by atoms with E-state index in [1.54, 1.807) is 4.90 Å². The first-order valence-corrected chi connectivity index (χ1v) is 5.67. The van der Waals surface area contributed by atoms with E-state index in [0.29, 0.717) is 19.5 Å². The van der Waals surface area contributed by atoms with Gasteiger partial charge in [0.25, 0.3) is 0 Å². The second-order valence-corrected chi connectivity index (χ2v) is 4.26. The lowest BCUT2D eigenvalue weighted by molar-refractivity contribution is -0.139. The smallest absolute Gasteiger partial charge is 0.230 e. The topological polar surface area (TPSA) is 57.6 Å². The second kappa shape index (κ2) is 5.10. The normalized spacial score (nSPS) is 16.4. The number of aliphatic hydroxyl groups excluding tert-OH is 1. The lowest BCUT2D eigenvalue weighted by atomic mass is 10.1. The minimum Gasteiger partial charge on any atom is -0.392 e. The van der Waals surface area contributed by atoms with Crippen LogP contribution in [0.1, 0.15) is 24.0 Å². The third-order valence-electron chi connectivity index (χ3n) is 2.94. The van der Waals surface area contributed by atoms with E-state index >= 15 is 0 Å². The molecule has 2 rings (SSSR count). The number of benzene rings is 1. The lowest BCUT2D eigenvalue weighted by Crippen LogP contribution is -2.38. The van der Waals surface area contributed by atoms with E-state index in [0.717, 1.165) is 11.1 Å². The van der Waals surface area contributed by atoms with Gasteiger partial charge in [0.2, 0.25) is 5.91 Å². The van der Waals surface area contributed by atoms with Gasteiger partial charge in [-0.3, -0.25) is 9.59 Å². The van der Waals surface area contributed by atoms with Gasteiger partial charge in [0.05, 0.1) is 13.0 Å². The fourth-order valence-electron chi connectivity index (χ4n) is 1.89. The van der Waals surface area contributed by atoms with Gasteiger partial charge in [-0.1, -0.05) is 24.3 Å². The van der Waals surface area contributed by atoms with Crippen LogP contribution in [0.4, 0.5) is 0 Å². The molecule has 1 aliphatic rings. The molecular weight excluding hydrogens is 218 g/mol. The summed E-state index contributed by atoms with van der Waals surface area (Å²) in [6.07, 6.45) is 0.495. The monoisotopic (exact) mass is 233 g/mol. The molecule has 1 amide bonds. The molecule has 0 saturated carbocycles. The van der Waals surface area contributed by atoms with Crippen LogP contribution in [-0.2, 0) is 22.7 Å². The number of rotatable bonds is 3. The Hall–Kier alpha value is -1.68. The maximum absolute atomic E-state index is 11.6. The largest absolute Gasteiger partial charge is 0.392 e. The van der Waals surface area contributed by atoms with E-state index in [4.69, 9.17) is 5.11 Å². The van der Waals surface area contributed by atoms with Crippen molar-refractivity contribution < 1.29 is 14.7 Å². The number of carbonyl (C=O) groups excluding carboxylic acids is 2. The Morgan fingerprint density at radius 1 is 1.12 bits per heavy atom. The number of piperidine rings is 1. The molecule has 0 radical (unpaired) electrons. The SMILES string of the molecule is O=C1CCN(Cc2ccc(CO)cc2)C(=O)C1. The van der Waals surface area contributed by atoms with E-state index in [2.05, 4.69) is 0 Å². The Balaban J connectivity index is 2.00. The van der Waals surface area contributed by atoms with Crippen molar-refractivity contribution in [2.75, 3.05) is 6.54 Å². The van der Waals surface area contributed by atoms with Crippen molar-refractivity contribution >= 4 is 11.7 Å². The van der Waals surface area contributed by atoms with Crippen LogP contribution in [0.3, 0.4) is 0 Å². The zero-order valence-electron chi connectivity index (χ0n) is 9.56. The molecule has 1 N–H and O–H groups in total. The number of aliphatic hydroxyl groups is 1. The summed E-state index contributed by atoms with van der Waals surface area (Å²) >= 11 is 0. The van der Waals surface area contributed by atoms with Crippen LogP contribution in [0.25, 0.3) is 0 Å². The molecule has 1 aromatic rings. The number of nitrogens with zero attached hydrogens (tertiary/aromatic N) is 1. The van der Waals surface area contributed by atoms with E-state index in [1.165, 1.54) is 0 Å². The van der Waals surface area contributed by atoms with Crippen LogP contribution in [0.15, 0.2) is 24.3 Å². The van der Waals surface area contributed by atoms with Gasteiger partial charge in [-0.15, -0.1) is 0 Å². The van der Waals surface area contributed by atoms with Gasteiger partial charge in [-0.25, -0.2) is 0 Å². The Labute approximate surface area is 99.9 Å². The maximum atomic E-state index is 11.6. The molecule has 0 aliphatic carbocycles. The number of hydrogen-bond acceptors (Lipinski definition) is 3. The molecule has 0 spiro atoms. The predicted molar refractivity (Wildman–Crippen MR) is 62.0 cm³/mol. The van der Waals surface area contributed by atoms with Crippen molar-refractivity contribution in [2.24, 2.45) is 0 Å². The average Bonchev–Trinajstić information content (AvgIpc) is 2.34. The highest BCUT2D eigenvalue weighted by molar-refractivity contribution is 6.00. The summed E-state index contributed by atoms with van der Waals surface area (Å²) in [5.74, 6) is -0.0608. The van der Waals surface area contributed by atoms with Crippen molar-refractivity contribution in [1.29, 1.82) is 0 Å². The summed E-state index contributed by atoms with van der Waals surface area (Å²) in [6, 6.07) is 7.48. The molecular formula is C13H15NO3. The van der Waals surface area contributed by atoms with Crippen LogP contribution in [0.5, 0.6) is 0 Å². The van der Waals surface area contributed by atoms with Crippen LogP contribution in [0.2, 0.25) is 0 Å². The summed E-state index contributed by atoms with van der Waals surface area (Å²) in [5.41, 5.74) is 1.87. The van der Waals surface area contributed by atoms with Gasteiger partial charge in [-0.05, 0) is 11.1 Å². The highest BCUT2D eigenvalue weighted by atomic mass is 16.3. The molecule has 0 unspecified atom stereocenters. The molecule has 1 saturated heterocycles. The Bertz CT molecular complexity index is 425. The number of amides is 1. The van der Waals surface area contributed by atoms with Gasteiger partial charge in [0.15, 0.2) is 0 Å². The zero-order chi connectivity index (χ0) is 12.3. The second-order valence-electron chi connectivity index (χ2n) is 4.26. The summed E-state index contributed by atoms with van der Waals surface area (Å²) in [4.78, 5) is 24.4. The molecule has 4 nitrogen and oxygen atoms in total. The van der Waals surface area contributed by atoms with Crippen molar-refractivity contribution in [3.05, 3.63) is 35.4 Å². The standard InChI is InChI=1S/C13H15NO3/c15-9-11-3-1-10(2-4-11)8-14-6-5-12(16)7-13(14)17/h1-4,15H,5-9H2. The first-order valence-electron chi connectivity index (χ1n) is 5.67. The Kier molecular flexibility index (Phi) is 3.54. The number of carbonyl (C=O) groups is 2. The summed E-state index contributed by atoms with van der Waals surface area (Å²) in [7, 11) is 0. The van der Waals surface area contributed by atoms with Gasteiger partial charge in [0, 0.05) is 19.5 Å². The summed E-state index contributed by atoms with van der Waals surface area (Å²) < 4.78 is 0. The molecule has 17 heavy (non-hydrogen) atoms. The van der Waals surface area contributed by atoms with Crippen molar-refractivity contribution in [2.45, 2.75) is 26.0 Å². The van der Waals surface area contributed by atoms with E-state index in [-0.39, 0.29) is 24.7 Å². The zero-order valence-corrected chi connectivity index (χ0v) is 9.56. The summed E-state index contributed by atoms with van der Waals surface area (Å²) in [6.45, 7) is 1.08. The molecule has 1 aliphatic heterocycles. The van der Waals surface area contributed by atoms with Gasteiger partial charge < -0.3 is 10.0 Å². The molecule has 1 aromatic carbocycles. The molecule has 0 bridgehead atoms. The lowest BCUT2D eigenvalue weighted by Gasteiger charge is -2.26. The highest BCUT2D eigenvalue weighted by Crippen LogP contribution is 2.13. The third-order valence-corrected chi connectivity index (χ3v) is 2.94. The molecule has 0 aromatic heterocycles. The van der Waals surface area contributed by atoms with Gasteiger partial charge in [-0.2, -0.15) is 0 Å². The molecule has 0 atom stereocenters. The minimum absolute atomic E-state index is 0.0252. The first-order chi connectivity index (χ1) is 8.19. The number of hydrogen-bond donors (Lipinski definition) is 1. The fourth-order valence-corrected chi connectivity index (χ4v) is 1.89. The van der Waals surface area contributed by atoms with Crippen LogP contribution in [0, 0.1) is 0 Å². The molecule has 1 heterocycles. The number of Topliss-reactive ketones (excluding diaryl/α,β-unsaturated/α-hetero) is 1.